The van der Waals surface area contributed by atoms with Gasteiger partial charge in [-0.2, -0.15) is 0 Å². The minimum atomic E-state index is -0.135. The Morgan fingerprint density at radius 1 is 0.358 bits per heavy atom. The van der Waals surface area contributed by atoms with Crippen LogP contribution in [0.1, 0.15) is 109 Å². The Morgan fingerprint density at radius 2 is 0.798 bits per heavy atom. The van der Waals surface area contributed by atoms with Crippen LogP contribution >= 0.6 is 0 Å². The van der Waals surface area contributed by atoms with E-state index in [9.17, 15) is 4.39 Å². The summed E-state index contributed by atoms with van der Waals surface area (Å²) in [5, 5.41) is 4.19. The highest BCUT2D eigenvalue weighted by molar-refractivity contribution is 6.10. The topological polar surface area (TPSA) is 93.4 Å². The third kappa shape index (κ3) is 16.0. The first-order valence-corrected chi connectivity index (χ1v) is 37.6. The van der Waals surface area contributed by atoms with Crippen LogP contribution in [0.25, 0.3) is 134 Å². The van der Waals surface area contributed by atoms with Crippen LogP contribution in [0.2, 0.25) is 0 Å². The van der Waals surface area contributed by atoms with Crippen LogP contribution in [-0.4, -0.2) is 19.9 Å². The lowest BCUT2D eigenvalue weighted by molar-refractivity contribution is -0.660. The predicted octanol–water partition coefficient (Wildman–Crippen LogP) is 22.6. The number of rotatable bonds is 12. The molecule has 0 atom stereocenters. The van der Waals surface area contributed by atoms with Crippen molar-refractivity contribution in [3.05, 3.63) is 311 Å². The molecule has 10 heterocycles. The first kappa shape index (κ1) is 75.2. The van der Waals surface area contributed by atoms with Gasteiger partial charge in [-0.05, 0) is 231 Å². The number of pyridine rings is 8. The molecule has 16 rings (SSSR count). The van der Waals surface area contributed by atoms with Gasteiger partial charge in [0.2, 0.25) is 34.2 Å². The SMILES string of the molecule is Cc1cc(-c2ccccc2C)[n+](C)cc1-c1ccccn1.Cc1ccc2c(n1)oc1c(-c3ccc(-c4cc(C(C)C)c(F)c(C(C)C)c4)c[n+]3C)c(C)ccc12.Cc1ccc2c(n1)oc1c(-c3ccc(-c4ccc(F)c(CC(C)C)c4)c[n+]3C)c(C)ccc12.Cc1ccccc1-c1ccc(-c2ccccn2)c[n+]1C. The summed E-state index contributed by atoms with van der Waals surface area (Å²) in [6.07, 6.45) is 12.9. The number of halogens is 2. The first-order chi connectivity index (χ1) is 52.4. The minimum Gasteiger partial charge on any atom is -0.437 e. The predicted molar refractivity (Wildman–Crippen MR) is 439 cm³/mol. The van der Waals surface area contributed by atoms with Crippen molar-refractivity contribution in [2.75, 3.05) is 0 Å². The summed E-state index contributed by atoms with van der Waals surface area (Å²) in [5.41, 5.74) is 31.0. The Kier molecular flexibility index (Phi) is 22.2. The molecule has 12 heteroatoms. The fourth-order valence-electron chi connectivity index (χ4n) is 14.7. The second kappa shape index (κ2) is 32.2. The van der Waals surface area contributed by atoms with Gasteiger partial charge in [0.05, 0.1) is 33.6 Å². The Labute approximate surface area is 639 Å². The average molecular weight is 1440 g/mol. The van der Waals surface area contributed by atoms with Crippen molar-refractivity contribution in [1.29, 1.82) is 0 Å². The zero-order valence-corrected chi connectivity index (χ0v) is 65.7. The molecular formula is C97H96F2N8O2+4. The van der Waals surface area contributed by atoms with Crippen LogP contribution in [0.3, 0.4) is 0 Å². The molecule has 6 aromatic carbocycles. The molecule has 16 aromatic rings. The molecule has 0 radical (unpaired) electrons. The number of benzene rings is 6. The van der Waals surface area contributed by atoms with E-state index in [1.807, 2.05) is 128 Å². The van der Waals surface area contributed by atoms with E-state index < -0.39 is 0 Å². The number of hydrogen-bond acceptors (Lipinski definition) is 6. The minimum absolute atomic E-state index is 0.0734. The van der Waals surface area contributed by atoms with Crippen LogP contribution in [0.5, 0.6) is 0 Å². The summed E-state index contributed by atoms with van der Waals surface area (Å²) in [5.74, 6) is 0.427. The smallest absolute Gasteiger partial charge is 0.227 e. The molecule has 0 aliphatic carbocycles. The molecule has 109 heavy (non-hydrogen) atoms. The van der Waals surface area contributed by atoms with Crippen LogP contribution < -0.4 is 18.3 Å². The van der Waals surface area contributed by atoms with E-state index in [4.69, 9.17) is 8.83 Å². The van der Waals surface area contributed by atoms with Crippen molar-refractivity contribution in [2.24, 2.45) is 34.1 Å². The average Bonchev–Trinajstić information content (AvgIpc) is 1.63. The van der Waals surface area contributed by atoms with Gasteiger partial charge in [-0.25, -0.2) is 37.0 Å². The molecule has 0 spiro atoms. The summed E-state index contributed by atoms with van der Waals surface area (Å²) in [6, 6.07) is 70.1. The van der Waals surface area contributed by atoms with Gasteiger partial charge in [0.25, 0.3) is 0 Å². The molecule has 0 aliphatic heterocycles. The molecule has 0 amide bonds. The van der Waals surface area contributed by atoms with Gasteiger partial charge >= 0.3 is 0 Å². The van der Waals surface area contributed by atoms with E-state index in [2.05, 4.69) is 266 Å². The molecule has 0 N–H and O–H groups in total. The van der Waals surface area contributed by atoms with Crippen molar-refractivity contribution in [1.82, 2.24) is 19.9 Å². The number of hydrogen-bond donors (Lipinski definition) is 0. The fraction of sp³-hybridized carbons (Fsp3) is 0.216. The van der Waals surface area contributed by atoms with Gasteiger partial charge in [-0.3, -0.25) is 9.97 Å². The van der Waals surface area contributed by atoms with Crippen molar-refractivity contribution < 1.29 is 35.9 Å². The number of fused-ring (bicyclic) bond motifs is 6. The van der Waals surface area contributed by atoms with Crippen molar-refractivity contribution >= 4 is 44.1 Å². The molecule has 10 nitrogen and oxygen atoms in total. The summed E-state index contributed by atoms with van der Waals surface area (Å²) in [6.45, 7) is 27.0. The maximum Gasteiger partial charge on any atom is 0.227 e. The van der Waals surface area contributed by atoms with Crippen LogP contribution in [0.4, 0.5) is 8.78 Å². The number of furan rings is 2. The van der Waals surface area contributed by atoms with E-state index in [1.54, 1.807) is 6.07 Å². The monoisotopic (exact) mass is 1440 g/mol. The standard InChI is InChI=1S/C31H32FN2O.C29H28FN2O.C19H19N2.C18H17N2/c1-17(2)25-14-22(15-26(18(3)4)29(25)32)21-10-13-27(34(7)16-21)28-19(5)8-11-23-24-12-9-20(6)33-31(24)35-30(23)28;1-17(2)14-22-15-20(8-12-25(22)30)21-9-13-26(32(5)16-21)27-18(3)6-10-23-24-11-7-19(4)31-29(24)33-28(23)27;1-14-8-4-5-9-16(14)19-12-15(2)17(13-21(19)3)18-10-6-7-11-20-18;1-14-7-3-4-8-16(14)18-11-10-15(13-20(18)2)17-9-5-6-12-19-17/h8-18H,1-7H3;6-13,15-17H,14H2,1-5H3;4-13H,1-3H3;3-13H,1-2H3/q4*+1. The van der Waals surface area contributed by atoms with E-state index in [1.165, 1.54) is 44.8 Å². The van der Waals surface area contributed by atoms with Crippen LogP contribution in [-0.2, 0) is 34.6 Å². The highest BCUT2D eigenvalue weighted by Gasteiger charge is 2.26. The number of nitrogens with zero attached hydrogens (tertiary/aromatic N) is 8. The van der Waals surface area contributed by atoms with Gasteiger partial charge in [0.1, 0.15) is 39.8 Å². The van der Waals surface area contributed by atoms with Crippen molar-refractivity contribution in [3.8, 4) is 89.8 Å². The van der Waals surface area contributed by atoms with E-state index in [0.717, 1.165) is 140 Å². The quantitative estimate of drug-likeness (QED) is 0.113. The zero-order valence-electron chi connectivity index (χ0n) is 65.7. The largest absolute Gasteiger partial charge is 0.437 e. The van der Waals surface area contributed by atoms with Crippen molar-refractivity contribution in [3.63, 3.8) is 0 Å². The molecular weight excluding hydrogens is 1350 g/mol. The molecule has 546 valence electrons. The van der Waals surface area contributed by atoms with Gasteiger partial charge in [-0.1, -0.05) is 120 Å². The number of aromatic nitrogens is 8. The molecule has 0 fully saturated rings. The second-order valence-corrected chi connectivity index (χ2v) is 29.9. The van der Waals surface area contributed by atoms with Gasteiger partial charge in [0, 0.05) is 91.8 Å². The Balaban J connectivity index is 0.000000132. The summed E-state index contributed by atoms with van der Waals surface area (Å²) < 4.78 is 50.6. The third-order valence-electron chi connectivity index (χ3n) is 20.6. The Hall–Kier alpha value is -12.0. The van der Waals surface area contributed by atoms with Gasteiger partial charge in [-0.15, -0.1) is 0 Å². The fourth-order valence-corrected chi connectivity index (χ4v) is 14.7. The number of aryl methyl sites for hydroxylation is 11. The first-order valence-electron chi connectivity index (χ1n) is 37.6. The van der Waals surface area contributed by atoms with E-state index in [0.29, 0.717) is 17.3 Å². The maximum absolute atomic E-state index is 15.1. The molecule has 0 saturated heterocycles. The van der Waals surface area contributed by atoms with Crippen LogP contribution in [0.15, 0.2) is 252 Å². The summed E-state index contributed by atoms with van der Waals surface area (Å²) >= 11 is 0. The molecule has 0 saturated carbocycles. The summed E-state index contributed by atoms with van der Waals surface area (Å²) in [7, 11) is 8.26. The third-order valence-corrected chi connectivity index (χ3v) is 20.6. The molecule has 0 bridgehead atoms. The van der Waals surface area contributed by atoms with Gasteiger partial charge < -0.3 is 8.83 Å². The lowest BCUT2D eigenvalue weighted by atomic mass is 9.90. The highest BCUT2D eigenvalue weighted by atomic mass is 19.1. The molecule has 10 aromatic heterocycles. The lowest BCUT2D eigenvalue weighted by Gasteiger charge is -2.16. The van der Waals surface area contributed by atoms with E-state index >= 15 is 4.39 Å². The Bertz CT molecular complexity index is 6030. The second-order valence-electron chi connectivity index (χ2n) is 29.9. The maximum atomic E-state index is 15.1. The lowest BCUT2D eigenvalue weighted by Crippen LogP contribution is -2.31. The summed E-state index contributed by atoms with van der Waals surface area (Å²) in [4.78, 5) is 18.0. The van der Waals surface area contributed by atoms with Crippen LogP contribution in [0, 0.1) is 66.0 Å². The normalized spacial score (nSPS) is 11.4. The van der Waals surface area contributed by atoms with Gasteiger partial charge in [0.15, 0.2) is 36.0 Å². The molecule has 0 aliphatic rings. The molecule has 0 unspecified atom stereocenters. The zero-order chi connectivity index (χ0) is 77.1. The van der Waals surface area contributed by atoms with E-state index in [-0.39, 0.29) is 23.5 Å². The Morgan fingerprint density at radius 3 is 1.28 bits per heavy atom. The highest BCUT2D eigenvalue weighted by Crippen LogP contribution is 2.40. The van der Waals surface area contributed by atoms with Crippen molar-refractivity contribution in [2.45, 2.75) is 108 Å².